The highest BCUT2D eigenvalue weighted by Gasteiger charge is 2.53. The van der Waals surface area contributed by atoms with Gasteiger partial charge in [0.15, 0.2) is 0 Å². The molecule has 1 saturated heterocycles. The molecule has 2 atom stereocenters. The van der Waals surface area contributed by atoms with Crippen LogP contribution in [-0.4, -0.2) is 44.2 Å². The van der Waals surface area contributed by atoms with E-state index in [0.717, 1.165) is 30.7 Å². The van der Waals surface area contributed by atoms with Gasteiger partial charge in [0.25, 0.3) is 5.91 Å². The van der Waals surface area contributed by atoms with Crippen molar-refractivity contribution in [3.05, 3.63) is 64.9 Å². The fourth-order valence-corrected chi connectivity index (χ4v) is 4.73. The first-order valence-corrected chi connectivity index (χ1v) is 11.2. The molecule has 1 aliphatic heterocycles. The fourth-order valence-electron chi connectivity index (χ4n) is 4.73. The molecule has 2 aliphatic rings. The number of carbonyl (C=O) groups is 1. The van der Waals surface area contributed by atoms with E-state index in [1.807, 2.05) is 16.8 Å². The first-order valence-electron chi connectivity index (χ1n) is 11.2. The van der Waals surface area contributed by atoms with E-state index in [0.29, 0.717) is 22.7 Å². The lowest BCUT2D eigenvalue weighted by molar-refractivity contribution is -0.141. The van der Waals surface area contributed by atoms with Gasteiger partial charge in [-0.2, -0.15) is 13.2 Å². The summed E-state index contributed by atoms with van der Waals surface area (Å²) in [5.74, 6) is 0.0128. The second-order valence-electron chi connectivity index (χ2n) is 9.45. The summed E-state index contributed by atoms with van der Waals surface area (Å²) in [4.78, 5) is 22.2. The quantitative estimate of drug-likeness (QED) is 0.602. The topological polar surface area (TPSA) is 88.8 Å². The average molecular weight is 474 g/mol. The second kappa shape index (κ2) is 7.78. The lowest BCUT2D eigenvalue weighted by Crippen LogP contribution is -2.65. The van der Waals surface area contributed by atoms with Crippen LogP contribution < -0.4 is 5.32 Å². The van der Waals surface area contributed by atoms with Gasteiger partial charge in [0, 0.05) is 37.8 Å². The number of nitrogens with one attached hydrogen (secondary N) is 1. The van der Waals surface area contributed by atoms with Crippen molar-refractivity contribution in [2.75, 3.05) is 13.2 Å². The number of nitrogens with zero attached hydrogens (tertiary/aromatic N) is 3. The molecule has 2 fully saturated rings. The number of ether oxygens (including phenoxy) is 1. The van der Waals surface area contributed by atoms with Crippen LogP contribution >= 0.6 is 0 Å². The molecule has 7 nitrogen and oxygen atoms in total. The van der Waals surface area contributed by atoms with E-state index in [-0.39, 0.29) is 25.3 Å². The molecule has 0 aromatic carbocycles. The summed E-state index contributed by atoms with van der Waals surface area (Å²) in [6.45, 7) is 3.36. The minimum atomic E-state index is -4.55. The van der Waals surface area contributed by atoms with Gasteiger partial charge in [-0.05, 0) is 55.9 Å². The Bertz CT molecular complexity index is 1250. The highest BCUT2D eigenvalue weighted by atomic mass is 19.4. The van der Waals surface area contributed by atoms with Crippen molar-refractivity contribution in [1.29, 1.82) is 0 Å². The molecule has 2 unspecified atom stereocenters. The third kappa shape index (κ3) is 3.74. The summed E-state index contributed by atoms with van der Waals surface area (Å²) in [5, 5.41) is 14.2. The molecule has 1 amide bonds. The average Bonchev–Trinajstić information content (AvgIpc) is 3.56. The number of hydrogen-bond donors (Lipinski definition) is 2. The van der Waals surface area contributed by atoms with Gasteiger partial charge in [-0.15, -0.1) is 0 Å². The molecule has 4 heterocycles. The third-order valence-corrected chi connectivity index (χ3v) is 6.87. The Kier molecular flexibility index (Phi) is 5.21. The van der Waals surface area contributed by atoms with E-state index in [2.05, 4.69) is 15.3 Å². The molecule has 5 rings (SSSR count). The van der Waals surface area contributed by atoms with Crippen LogP contribution in [0.25, 0.3) is 5.65 Å². The highest BCUT2D eigenvalue weighted by Crippen LogP contribution is 2.41. The summed E-state index contributed by atoms with van der Waals surface area (Å²) < 4.78 is 46.5. The Morgan fingerprint density at radius 2 is 2.00 bits per heavy atom. The molecule has 0 radical (unpaired) electrons. The van der Waals surface area contributed by atoms with Crippen molar-refractivity contribution in [3.63, 3.8) is 0 Å². The van der Waals surface area contributed by atoms with Gasteiger partial charge in [-0.3, -0.25) is 9.78 Å². The van der Waals surface area contributed by atoms with Crippen molar-refractivity contribution in [3.8, 4) is 0 Å². The number of halogens is 3. The Morgan fingerprint density at radius 3 is 2.62 bits per heavy atom. The van der Waals surface area contributed by atoms with E-state index in [9.17, 15) is 23.1 Å². The van der Waals surface area contributed by atoms with E-state index in [4.69, 9.17) is 4.74 Å². The van der Waals surface area contributed by atoms with Gasteiger partial charge >= 0.3 is 6.18 Å². The van der Waals surface area contributed by atoms with Crippen LogP contribution in [0.1, 0.15) is 64.8 Å². The summed E-state index contributed by atoms with van der Waals surface area (Å²) >= 11 is 0. The number of aliphatic hydroxyl groups is 1. The van der Waals surface area contributed by atoms with E-state index in [1.165, 1.54) is 13.0 Å². The normalized spacial score (nSPS) is 25.5. The first-order chi connectivity index (χ1) is 16.0. The molecule has 0 spiro atoms. The number of amides is 1. The monoisotopic (exact) mass is 474 g/mol. The number of carbonyl (C=O) groups excluding carboxylic acids is 1. The number of aryl methyl sites for hydroxylation is 1. The Hall–Kier alpha value is -2.98. The molecule has 10 heteroatoms. The minimum Gasteiger partial charge on any atom is -0.385 e. The third-order valence-electron chi connectivity index (χ3n) is 6.87. The Balaban J connectivity index is 1.55. The van der Waals surface area contributed by atoms with Gasteiger partial charge < -0.3 is 19.6 Å². The molecular weight excluding hydrogens is 449 g/mol. The predicted molar refractivity (Wildman–Crippen MR) is 116 cm³/mol. The number of pyridine rings is 1. The number of fused-ring (bicyclic) bond motifs is 1. The molecule has 2 N–H and O–H groups in total. The molecule has 34 heavy (non-hydrogen) atoms. The molecule has 3 aromatic heterocycles. The fraction of sp³-hybridized carbons (Fsp3) is 0.458. The maximum absolute atomic E-state index is 13.6. The predicted octanol–water partition coefficient (Wildman–Crippen LogP) is 3.73. The van der Waals surface area contributed by atoms with Crippen LogP contribution in [0, 0.1) is 6.92 Å². The number of aromatic nitrogens is 3. The van der Waals surface area contributed by atoms with Crippen LogP contribution in [0.4, 0.5) is 13.2 Å². The van der Waals surface area contributed by atoms with Crippen LogP contribution in [0.2, 0.25) is 0 Å². The Labute approximate surface area is 194 Å². The molecule has 0 bridgehead atoms. The lowest BCUT2D eigenvalue weighted by atomic mass is 9.74. The minimum absolute atomic E-state index is 0.117. The molecular formula is C24H25F3N4O3. The van der Waals surface area contributed by atoms with Crippen molar-refractivity contribution in [1.82, 2.24) is 19.7 Å². The number of rotatable bonds is 4. The molecule has 3 aromatic rings. The summed E-state index contributed by atoms with van der Waals surface area (Å²) in [6.07, 6.45) is 4.13. The smallest absolute Gasteiger partial charge is 0.385 e. The van der Waals surface area contributed by atoms with Gasteiger partial charge in [0.1, 0.15) is 16.8 Å². The van der Waals surface area contributed by atoms with Crippen molar-refractivity contribution < 1.29 is 27.8 Å². The van der Waals surface area contributed by atoms with Crippen LogP contribution in [-0.2, 0) is 16.5 Å². The van der Waals surface area contributed by atoms with Crippen molar-refractivity contribution in [2.45, 2.75) is 56.3 Å². The van der Waals surface area contributed by atoms with Gasteiger partial charge in [0.2, 0.25) is 0 Å². The molecule has 1 saturated carbocycles. The zero-order chi connectivity index (χ0) is 24.3. The number of hydrogen-bond acceptors (Lipinski definition) is 5. The first kappa shape index (κ1) is 22.8. The molecule has 180 valence electrons. The number of alkyl halides is 3. The second-order valence-corrected chi connectivity index (χ2v) is 9.45. The standard InChI is InChI=1S/C24H25F3N4O3/c1-14-11-31-12-16(15-3-4-15)9-29-20(31)19(14)21(32)30-23(7-8-34-13-22(23,2)33)18-6-5-17(10-28-18)24(25,26)27/h5-6,9-12,15,33H,3-4,7-8,13H2,1-2H3,(H,30,32). The van der Waals surface area contributed by atoms with Crippen LogP contribution in [0.15, 0.2) is 36.9 Å². The van der Waals surface area contributed by atoms with Crippen molar-refractivity contribution >= 4 is 11.6 Å². The van der Waals surface area contributed by atoms with Gasteiger partial charge in [-0.25, -0.2) is 4.98 Å². The van der Waals surface area contributed by atoms with Gasteiger partial charge in [0.05, 0.1) is 23.4 Å². The zero-order valence-corrected chi connectivity index (χ0v) is 18.8. The van der Waals surface area contributed by atoms with E-state index >= 15 is 0 Å². The molecule has 1 aliphatic carbocycles. The lowest BCUT2D eigenvalue weighted by Gasteiger charge is -2.48. The van der Waals surface area contributed by atoms with Crippen LogP contribution in [0.3, 0.4) is 0 Å². The SMILES string of the molecule is Cc1cn2cc(C3CC3)cnc2c1C(=O)NC1(c2ccc(C(F)(F)F)cn2)CCOCC1(C)O. The largest absolute Gasteiger partial charge is 0.417 e. The van der Waals surface area contributed by atoms with E-state index in [1.54, 1.807) is 13.1 Å². The summed E-state index contributed by atoms with van der Waals surface area (Å²) in [7, 11) is 0. The Morgan fingerprint density at radius 1 is 1.24 bits per heavy atom. The highest BCUT2D eigenvalue weighted by molar-refractivity contribution is 6.02. The van der Waals surface area contributed by atoms with Crippen molar-refractivity contribution in [2.24, 2.45) is 0 Å². The van der Waals surface area contributed by atoms with Crippen LogP contribution in [0.5, 0.6) is 0 Å². The maximum atomic E-state index is 13.6. The van der Waals surface area contributed by atoms with Gasteiger partial charge in [-0.1, -0.05) is 0 Å². The zero-order valence-electron chi connectivity index (χ0n) is 18.8. The summed E-state index contributed by atoms with van der Waals surface area (Å²) in [5.41, 5.74) is -1.23. The summed E-state index contributed by atoms with van der Waals surface area (Å²) in [6, 6.07) is 2.11. The maximum Gasteiger partial charge on any atom is 0.417 e. The van der Waals surface area contributed by atoms with E-state index < -0.39 is 28.8 Å².